The number of hydrogen-bond donors (Lipinski definition) is 0. The van der Waals surface area contributed by atoms with Crippen LogP contribution in [0, 0.1) is 10.1 Å². The zero-order valence-electron chi connectivity index (χ0n) is 17.9. The van der Waals surface area contributed by atoms with Gasteiger partial charge in [0.25, 0.3) is 5.69 Å². The van der Waals surface area contributed by atoms with Crippen LogP contribution in [0.5, 0.6) is 11.5 Å². The van der Waals surface area contributed by atoms with Crippen molar-refractivity contribution in [2.45, 2.75) is 33.4 Å². The van der Waals surface area contributed by atoms with Gasteiger partial charge in [-0.2, -0.15) is 0 Å². The van der Waals surface area contributed by atoms with E-state index < -0.39 is 52.0 Å². The second-order valence-corrected chi connectivity index (χ2v) is 6.20. The Morgan fingerprint density at radius 3 is 2.22 bits per heavy atom. The van der Waals surface area contributed by atoms with E-state index >= 15 is 0 Å². The largest absolute Gasteiger partial charge is 0.493 e. The molecule has 1 heterocycles. The van der Waals surface area contributed by atoms with E-state index in [0.717, 1.165) is 16.9 Å². The standard InChI is InChI=1S/C19H22N4O9/c1-5-7-15(24)32-10-22-20-16(17(21-22)19(26)31-6-2)18(25)11-8-13(29-3)14(30-4)9-12(11)23(27)28/h8-9H,5-7,10H2,1-4H3. The van der Waals surface area contributed by atoms with E-state index in [4.69, 9.17) is 18.9 Å². The highest BCUT2D eigenvalue weighted by Gasteiger charge is 2.32. The summed E-state index contributed by atoms with van der Waals surface area (Å²) in [4.78, 5) is 48.7. The molecule has 0 saturated heterocycles. The Morgan fingerprint density at radius 1 is 1.03 bits per heavy atom. The van der Waals surface area contributed by atoms with Crippen LogP contribution < -0.4 is 9.47 Å². The van der Waals surface area contributed by atoms with Gasteiger partial charge in [-0.25, -0.2) is 4.79 Å². The number of nitro benzene ring substituents is 1. The third-order valence-electron chi connectivity index (χ3n) is 4.08. The molecule has 2 rings (SSSR count). The second kappa shape index (κ2) is 10.8. The van der Waals surface area contributed by atoms with Gasteiger partial charge in [0.15, 0.2) is 17.2 Å². The van der Waals surface area contributed by atoms with Gasteiger partial charge in [0.1, 0.15) is 5.56 Å². The number of carbonyl (C=O) groups is 3. The Morgan fingerprint density at radius 2 is 1.66 bits per heavy atom. The Hall–Kier alpha value is -4.03. The van der Waals surface area contributed by atoms with Gasteiger partial charge in [0.2, 0.25) is 18.2 Å². The number of methoxy groups -OCH3 is 2. The Balaban J connectivity index is 2.55. The topological polar surface area (TPSA) is 162 Å². The highest BCUT2D eigenvalue weighted by Crippen LogP contribution is 2.35. The molecule has 1 aromatic heterocycles. The zero-order valence-corrected chi connectivity index (χ0v) is 17.9. The van der Waals surface area contributed by atoms with E-state index in [9.17, 15) is 24.5 Å². The van der Waals surface area contributed by atoms with Crippen LogP contribution in [0.4, 0.5) is 5.69 Å². The summed E-state index contributed by atoms with van der Waals surface area (Å²) in [5.74, 6) is -2.38. The van der Waals surface area contributed by atoms with Crippen molar-refractivity contribution in [2.75, 3.05) is 20.8 Å². The number of rotatable bonds is 11. The monoisotopic (exact) mass is 450 g/mol. The summed E-state index contributed by atoms with van der Waals surface area (Å²) in [5.41, 5.74) is -1.99. The quantitative estimate of drug-likeness (QED) is 0.213. The molecule has 0 unspecified atom stereocenters. The van der Waals surface area contributed by atoms with Crippen LogP contribution in [0.25, 0.3) is 0 Å². The van der Waals surface area contributed by atoms with Gasteiger partial charge >= 0.3 is 11.9 Å². The normalized spacial score (nSPS) is 10.4. The number of hydrogen-bond acceptors (Lipinski definition) is 11. The smallest absolute Gasteiger partial charge is 0.361 e. The molecule has 13 heteroatoms. The first-order valence-corrected chi connectivity index (χ1v) is 9.50. The number of ketones is 1. The lowest BCUT2D eigenvalue weighted by Crippen LogP contribution is -2.14. The van der Waals surface area contributed by atoms with E-state index in [-0.39, 0.29) is 24.5 Å². The average Bonchev–Trinajstić information content (AvgIpc) is 3.21. The van der Waals surface area contributed by atoms with Crippen molar-refractivity contribution in [3.63, 3.8) is 0 Å². The summed E-state index contributed by atoms with van der Waals surface area (Å²) >= 11 is 0. The van der Waals surface area contributed by atoms with Gasteiger partial charge in [-0.15, -0.1) is 15.0 Å². The molecule has 0 aliphatic heterocycles. The van der Waals surface area contributed by atoms with Gasteiger partial charge in [0, 0.05) is 12.5 Å². The minimum atomic E-state index is -0.980. The number of aromatic nitrogens is 3. The lowest BCUT2D eigenvalue weighted by Gasteiger charge is -2.09. The van der Waals surface area contributed by atoms with E-state index in [1.165, 1.54) is 14.2 Å². The molecule has 172 valence electrons. The molecule has 1 aromatic carbocycles. The van der Waals surface area contributed by atoms with E-state index in [1.807, 2.05) is 0 Å². The van der Waals surface area contributed by atoms with Crippen molar-refractivity contribution in [3.8, 4) is 11.5 Å². The highest BCUT2D eigenvalue weighted by molar-refractivity contribution is 6.14. The first-order valence-electron chi connectivity index (χ1n) is 9.50. The predicted molar refractivity (Wildman–Crippen MR) is 107 cm³/mol. The lowest BCUT2D eigenvalue weighted by atomic mass is 10.0. The molecule has 0 amide bonds. The Kier molecular flexibility index (Phi) is 8.21. The lowest BCUT2D eigenvalue weighted by molar-refractivity contribution is -0.385. The third kappa shape index (κ3) is 5.36. The molecule has 32 heavy (non-hydrogen) atoms. The molecule has 0 aliphatic carbocycles. The fourth-order valence-corrected chi connectivity index (χ4v) is 2.63. The molecule has 0 fully saturated rings. The van der Waals surface area contributed by atoms with Crippen molar-refractivity contribution >= 4 is 23.4 Å². The number of nitro groups is 1. The van der Waals surface area contributed by atoms with Gasteiger partial charge in [-0.05, 0) is 13.3 Å². The number of benzene rings is 1. The van der Waals surface area contributed by atoms with Crippen LogP contribution in [0.15, 0.2) is 12.1 Å². The first-order chi connectivity index (χ1) is 15.3. The maximum atomic E-state index is 13.2. The van der Waals surface area contributed by atoms with Crippen molar-refractivity contribution in [3.05, 3.63) is 39.2 Å². The number of nitrogens with zero attached hydrogens (tertiary/aromatic N) is 4. The highest BCUT2D eigenvalue weighted by atomic mass is 16.6. The molecule has 0 radical (unpaired) electrons. The zero-order chi connectivity index (χ0) is 23.8. The molecule has 0 saturated carbocycles. The third-order valence-corrected chi connectivity index (χ3v) is 4.08. The molecule has 0 atom stereocenters. The summed E-state index contributed by atoms with van der Waals surface area (Å²) in [5, 5.41) is 19.3. The fraction of sp³-hybridized carbons (Fsp3) is 0.421. The molecule has 13 nitrogen and oxygen atoms in total. The van der Waals surface area contributed by atoms with Crippen molar-refractivity contribution in [1.29, 1.82) is 0 Å². The van der Waals surface area contributed by atoms with Crippen molar-refractivity contribution in [2.24, 2.45) is 0 Å². The summed E-state index contributed by atoms with van der Waals surface area (Å²) in [6.45, 7) is 2.86. The van der Waals surface area contributed by atoms with E-state index in [0.29, 0.717) is 6.42 Å². The molecular weight excluding hydrogens is 428 g/mol. The summed E-state index contributed by atoms with van der Waals surface area (Å²) < 4.78 is 20.0. The molecule has 0 bridgehead atoms. The maximum Gasteiger partial charge on any atom is 0.361 e. The van der Waals surface area contributed by atoms with Gasteiger partial charge in [-0.3, -0.25) is 19.7 Å². The fourth-order valence-electron chi connectivity index (χ4n) is 2.63. The number of ether oxygens (including phenoxy) is 4. The molecular formula is C19H22N4O9. The van der Waals surface area contributed by atoms with Crippen molar-refractivity contribution < 1.29 is 38.3 Å². The Labute approximate surface area is 182 Å². The van der Waals surface area contributed by atoms with Crippen LogP contribution in [0.1, 0.15) is 53.2 Å². The van der Waals surface area contributed by atoms with Crippen LogP contribution >= 0.6 is 0 Å². The summed E-state index contributed by atoms with van der Waals surface area (Å²) in [7, 11) is 2.58. The summed E-state index contributed by atoms with van der Waals surface area (Å²) in [6, 6.07) is 2.13. The number of esters is 2. The van der Waals surface area contributed by atoms with Crippen molar-refractivity contribution in [1.82, 2.24) is 15.0 Å². The van der Waals surface area contributed by atoms with E-state index in [2.05, 4.69) is 10.2 Å². The van der Waals surface area contributed by atoms with Gasteiger partial charge < -0.3 is 18.9 Å². The number of carbonyl (C=O) groups excluding carboxylic acids is 3. The predicted octanol–water partition coefficient (Wildman–Crippen LogP) is 1.91. The second-order valence-electron chi connectivity index (χ2n) is 6.20. The van der Waals surface area contributed by atoms with Gasteiger partial charge in [-0.1, -0.05) is 6.92 Å². The molecule has 2 aromatic rings. The maximum absolute atomic E-state index is 13.2. The molecule has 0 spiro atoms. The minimum absolute atomic E-state index is 0.0126. The van der Waals surface area contributed by atoms with Gasteiger partial charge in [0.05, 0.1) is 31.8 Å². The van der Waals surface area contributed by atoms with Crippen LogP contribution in [-0.2, 0) is 21.0 Å². The van der Waals surface area contributed by atoms with E-state index in [1.54, 1.807) is 13.8 Å². The van der Waals surface area contributed by atoms with Crippen LogP contribution in [-0.4, -0.2) is 58.5 Å². The molecule has 0 N–H and O–H groups in total. The average molecular weight is 450 g/mol. The first kappa shape index (κ1) is 24.2. The van der Waals surface area contributed by atoms with Crippen LogP contribution in [0.2, 0.25) is 0 Å². The SMILES string of the molecule is CCCC(=O)OCn1nc(C(=O)OCC)c(C(=O)c2cc(OC)c(OC)cc2[N+](=O)[O-])n1. The Bertz CT molecular complexity index is 1030. The molecule has 0 aliphatic rings. The minimum Gasteiger partial charge on any atom is -0.493 e. The van der Waals surface area contributed by atoms with Crippen LogP contribution in [0.3, 0.4) is 0 Å². The summed E-state index contributed by atoms with van der Waals surface area (Å²) in [6.07, 6.45) is 0.724.